The fourth-order valence-electron chi connectivity index (χ4n) is 0.426. The molecule has 0 aromatic carbocycles. The summed E-state index contributed by atoms with van der Waals surface area (Å²) in [6.45, 7) is 4.00. The molecule has 0 saturated heterocycles. The second-order valence-electron chi connectivity index (χ2n) is 1.45. The topological polar surface area (TPSA) is 68.9 Å². The van der Waals surface area contributed by atoms with Gasteiger partial charge in [0.2, 0.25) is 0 Å². The minimum absolute atomic E-state index is 0. The molecule has 1 aromatic rings. The molecule has 0 aliphatic heterocycles. The highest BCUT2D eigenvalue weighted by Crippen LogP contribution is 1.84. The number of amides is 1. The average molecular weight is 155 g/mol. The van der Waals surface area contributed by atoms with Crippen LogP contribution in [0, 0.1) is 0 Å². The lowest BCUT2D eigenvalue weighted by Crippen LogP contribution is -2.12. The number of aromatic nitrogens is 2. The number of hydrogen-bond acceptors (Lipinski definition) is 3. The maximum Gasteiger partial charge on any atom is 0.268 e. The Balaban J connectivity index is 0. The quantitative estimate of drug-likeness (QED) is 0.653. The van der Waals surface area contributed by atoms with E-state index in [0.717, 1.165) is 0 Å². The van der Waals surface area contributed by atoms with Gasteiger partial charge in [-0.3, -0.25) is 9.78 Å². The molecule has 4 nitrogen and oxygen atoms in total. The average Bonchev–Trinajstić information content (AvgIpc) is 2.10. The fourth-order valence-corrected chi connectivity index (χ4v) is 0.426. The van der Waals surface area contributed by atoms with Gasteiger partial charge in [-0.05, 0) is 0 Å². The van der Waals surface area contributed by atoms with Crippen molar-refractivity contribution in [3.8, 4) is 0 Å². The van der Waals surface area contributed by atoms with Crippen molar-refractivity contribution in [3.63, 3.8) is 0 Å². The third kappa shape index (κ3) is 3.30. The van der Waals surface area contributed by atoms with E-state index in [-0.39, 0.29) is 7.12 Å². The van der Waals surface area contributed by atoms with Gasteiger partial charge in [-0.25, -0.2) is 4.98 Å². The predicted molar refractivity (Wildman–Crippen MR) is 44.0 cm³/mol. The first-order chi connectivity index (χ1) is 5.30. The molecular weight excluding hydrogens is 142 g/mol. The summed E-state index contributed by atoms with van der Waals surface area (Å²) >= 11 is 0. The Hall–Kier alpha value is -1.45. The number of rotatable bonds is 1. The highest BCUT2D eigenvalue weighted by atomic mass is 16.1. The molecule has 0 aliphatic carbocycles. The molecule has 0 bridgehead atoms. The Bertz CT molecular complexity index is 215. The van der Waals surface area contributed by atoms with Crippen molar-refractivity contribution in [1.82, 2.24) is 9.97 Å². The summed E-state index contributed by atoms with van der Waals surface area (Å²) in [5.74, 6) is -0.553. The van der Waals surface area contributed by atoms with Crippen molar-refractivity contribution >= 4 is 5.91 Å². The van der Waals surface area contributed by atoms with E-state index in [4.69, 9.17) is 5.73 Å². The van der Waals surface area contributed by atoms with Crippen LogP contribution in [0.4, 0.5) is 0 Å². The van der Waals surface area contributed by atoms with E-state index in [0.29, 0.717) is 0 Å². The first-order valence-electron chi connectivity index (χ1n) is 3.36. The minimum atomic E-state index is -0.553. The zero-order valence-electron chi connectivity index (χ0n) is 6.61. The number of nitrogens with two attached hydrogens (primary N) is 1. The molecule has 1 aromatic heterocycles. The first kappa shape index (κ1) is 9.55. The van der Waals surface area contributed by atoms with Crippen LogP contribution in [-0.4, -0.2) is 15.9 Å². The molecule has 1 rings (SSSR count). The van der Waals surface area contributed by atoms with Gasteiger partial charge in [0.05, 0.1) is 6.20 Å². The summed E-state index contributed by atoms with van der Waals surface area (Å²) in [5, 5.41) is 0. The molecule has 0 saturated carbocycles. The summed E-state index contributed by atoms with van der Waals surface area (Å²) < 4.78 is 0. The van der Waals surface area contributed by atoms with E-state index in [1.54, 1.807) is 0 Å². The summed E-state index contributed by atoms with van der Waals surface area (Å²) in [4.78, 5) is 17.6. The molecule has 62 valence electrons. The lowest BCUT2D eigenvalue weighted by Gasteiger charge is -1.87. The molecule has 0 fully saturated rings. The van der Waals surface area contributed by atoms with Gasteiger partial charge < -0.3 is 5.73 Å². The zero-order chi connectivity index (χ0) is 8.69. The first-order valence-corrected chi connectivity index (χ1v) is 3.36. The standard InChI is InChI=1S/C5H5N3O.C2H6.H2/c6-5(9)4-3-7-1-2-8-4;1-2;/h1-3H,(H2,6,9);1-2H3;1H. The molecule has 4 heteroatoms. The van der Waals surface area contributed by atoms with E-state index in [9.17, 15) is 4.79 Å². The van der Waals surface area contributed by atoms with Crippen LogP contribution in [0.25, 0.3) is 0 Å². The maximum atomic E-state index is 10.3. The summed E-state index contributed by atoms with van der Waals surface area (Å²) in [6.07, 6.45) is 4.22. The van der Waals surface area contributed by atoms with Gasteiger partial charge in [0.15, 0.2) is 0 Å². The van der Waals surface area contributed by atoms with Crippen LogP contribution in [-0.2, 0) is 0 Å². The summed E-state index contributed by atoms with van der Waals surface area (Å²) in [5.41, 5.74) is 5.06. The van der Waals surface area contributed by atoms with Crippen molar-refractivity contribution < 1.29 is 6.22 Å². The maximum absolute atomic E-state index is 10.3. The second kappa shape index (κ2) is 5.34. The Labute approximate surface area is 67.0 Å². The van der Waals surface area contributed by atoms with Gasteiger partial charge in [-0.1, -0.05) is 13.8 Å². The van der Waals surface area contributed by atoms with Crippen LogP contribution in [0.3, 0.4) is 0 Å². The summed E-state index contributed by atoms with van der Waals surface area (Å²) in [6, 6.07) is 0. The Morgan fingerprint density at radius 1 is 1.55 bits per heavy atom. The number of nitrogens with zero attached hydrogens (tertiary/aromatic N) is 2. The number of carbonyl (C=O) groups is 1. The molecule has 0 unspecified atom stereocenters. The van der Waals surface area contributed by atoms with Crippen molar-refractivity contribution in [3.05, 3.63) is 24.3 Å². The minimum Gasteiger partial charge on any atom is -0.364 e. The molecule has 11 heavy (non-hydrogen) atoms. The van der Waals surface area contributed by atoms with Gasteiger partial charge in [0.1, 0.15) is 5.69 Å². The van der Waals surface area contributed by atoms with E-state index < -0.39 is 5.91 Å². The Morgan fingerprint density at radius 2 is 2.18 bits per heavy atom. The van der Waals surface area contributed by atoms with Crippen molar-refractivity contribution in [1.29, 1.82) is 0 Å². The van der Waals surface area contributed by atoms with Gasteiger partial charge >= 0.3 is 0 Å². The molecule has 0 atom stereocenters. The molecular formula is C7H13N3O. The number of primary amides is 1. The molecule has 0 aliphatic rings. The lowest BCUT2D eigenvalue weighted by atomic mass is 10.4. The normalized spacial score (nSPS) is 7.82. The van der Waals surface area contributed by atoms with E-state index in [2.05, 4.69) is 9.97 Å². The highest BCUT2D eigenvalue weighted by Gasteiger charge is 1.97. The third-order valence-electron chi connectivity index (χ3n) is 0.816. The smallest absolute Gasteiger partial charge is 0.268 e. The van der Waals surface area contributed by atoms with Crippen LogP contribution in [0.2, 0.25) is 0 Å². The van der Waals surface area contributed by atoms with E-state index in [1.807, 2.05) is 13.8 Å². The van der Waals surface area contributed by atoms with Crippen LogP contribution < -0.4 is 5.73 Å². The lowest BCUT2D eigenvalue weighted by molar-refractivity contribution is 0.0995. The number of carbonyl (C=O) groups excluding carboxylic acids is 1. The molecule has 1 amide bonds. The van der Waals surface area contributed by atoms with E-state index in [1.165, 1.54) is 18.6 Å². The van der Waals surface area contributed by atoms with Crippen LogP contribution in [0.1, 0.15) is 25.8 Å². The largest absolute Gasteiger partial charge is 0.364 e. The van der Waals surface area contributed by atoms with Crippen LogP contribution in [0.5, 0.6) is 0 Å². The summed E-state index contributed by atoms with van der Waals surface area (Å²) in [7, 11) is 0. The monoisotopic (exact) mass is 155 g/mol. The van der Waals surface area contributed by atoms with Crippen LogP contribution >= 0.6 is 0 Å². The SMILES string of the molecule is CC.NC(=O)c1cnccn1.[HH]. The predicted octanol–water partition coefficient (Wildman–Crippen LogP) is 0.848. The third-order valence-corrected chi connectivity index (χ3v) is 0.816. The van der Waals surface area contributed by atoms with Gasteiger partial charge in [0, 0.05) is 13.8 Å². The zero-order valence-corrected chi connectivity index (χ0v) is 6.61. The van der Waals surface area contributed by atoms with Gasteiger partial charge in [-0.15, -0.1) is 0 Å². The second-order valence-corrected chi connectivity index (χ2v) is 1.45. The highest BCUT2D eigenvalue weighted by molar-refractivity contribution is 5.90. The molecule has 0 radical (unpaired) electrons. The Kier molecular flexibility index (Phi) is 4.64. The van der Waals surface area contributed by atoms with E-state index >= 15 is 0 Å². The van der Waals surface area contributed by atoms with Crippen molar-refractivity contribution in [2.75, 3.05) is 0 Å². The van der Waals surface area contributed by atoms with Crippen LogP contribution in [0.15, 0.2) is 18.6 Å². The molecule has 2 N–H and O–H groups in total. The van der Waals surface area contributed by atoms with Crippen molar-refractivity contribution in [2.24, 2.45) is 5.73 Å². The Morgan fingerprint density at radius 3 is 2.45 bits per heavy atom. The van der Waals surface area contributed by atoms with Gasteiger partial charge in [0.25, 0.3) is 5.91 Å². The van der Waals surface area contributed by atoms with Gasteiger partial charge in [-0.2, -0.15) is 0 Å². The fraction of sp³-hybridized carbons (Fsp3) is 0.286. The molecule has 1 heterocycles. The number of hydrogen-bond donors (Lipinski definition) is 1. The van der Waals surface area contributed by atoms with Crippen molar-refractivity contribution in [2.45, 2.75) is 13.8 Å². The molecule has 0 spiro atoms.